The van der Waals surface area contributed by atoms with E-state index in [1.807, 2.05) is 23.1 Å². The van der Waals surface area contributed by atoms with Gasteiger partial charge in [0.2, 0.25) is 15.9 Å². The quantitative estimate of drug-likeness (QED) is 0.710. The molecule has 2 saturated heterocycles. The molecule has 0 radical (unpaired) electrons. The van der Waals surface area contributed by atoms with Crippen molar-refractivity contribution < 1.29 is 22.7 Å². The van der Waals surface area contributed by atoms with Gasteiger partial charge in [-0.2, -0.15) is 0 Å². The van der Waals surface area contributed by atoms with Gasteiger partial charge in [0.25, 0.3) is 0 Å². The third-order valence-electron chi connectivity index (χ3n) is 6.08. The van der Waals surface area contributed by atoms with Crippen LogP contribution < -0.4 is 0 Å². The van der Waals surface area contributed by atoms with Gasteiger partial charge in [-0.3, -0.25) is 4.79 Å². The van der Waals surface area contributed by atoms with Crippen molar-refractivity contribution in [3.63, 3.8) is 0 Å². The molecule has 1 amide bonds. The molecule has 1 spiro atoms. The van der Waals surface area contributed by atoms with Gasteiger partial charge in [-0.25, -0.2) is 17.5 Å². The number of piperidine rings is 2. The topological polar surface area (TPSA) is 84.0 Å². The minimum absolute atomic E-state index is 0.0932. The van der Waals surface area contributed by atoms with Crippen LogP contribution in [-0.4, -0.2) is 61.9 Å². The molecule has 3 aliphatic heterocycles. The number of likely N-dealkylation sites (tertiary alicyclic amines) is 1. The largest absolute Gasteiger partial charge is 0.450 e. The van der Waals surface area contributed by atoms with Crippen LogP contribution in [-0.2, 0) is 25.2 Å². The lowest BCUT2D eigenvalue weighted by Crippen LogP contribution is -2.49. The van der Waals surface area contributed by atoms with E-state index in [4.69, 9.17) is 4.74 Å². The molecule has 0 bridgehead atoms. The first-order chi connectivity index (χ1) is 12.8. The van der Waals surface area contributed by atoms with Gasteiger partial charge in [0.05, 0.1) is 11.8 Å². The molecule has 1 aromatic rings. The minimum Gasteiger partial charge on any atom is -0.450 e. The lowest BCUT2D eigenvalue weighted by atomic mass is 9.83. The number of sulfonamides is 1. The Bertz CT molecular complexity index is 866. The maximum Gasteiger partial charge on any atom is 0.339 e. The summed E-state index contributed by atoms with van der Waals surface area (Å²) in [4.78, 5) is 26.9. The van der Waals surface area contributed by atoms with Gasteiger partial charge in [0.1, 0.15) is 5.60 Å². The second-order valence-electron chi connectivity index (χ2n) is 7.69. The molecule has 0 saturated carbocycles. The van der Waals surface area contributed by atoms with E-state index >= 15 is 0 Å². The first-order valence-corrected chi connectivity index (χ1v) is 11.2. The van der Waals surface area contributed by atoms with E-state index < -0.39 is 15.6 Å². The van der Waals surface area contributed by atoms with Crippen molar-refractivity contribution in [3.05, 3.63) is 35.4 Å². The predicted molar refractivity (Wildman–Crippen MR) is 98.5 cm³/mol. The Kier molecular flexibility index (Phi) is 4.50. The van der Waals surface area contributed by atoms with Crippen molar-refractivity contribution >= 4 is 21.9 Å². The number of nitrogens with zero attached hydrogens (tertiary/aromatic N) is 2. The molecule has 27 heavy (non-hydrogen) atoms. The Morgan fingerprint density at radius 2 is 1.74 bits per heavy atom. The Morgan fingerprint density at radius 1 is 1.11 bits per heavy atom. The number of hydrogen-bond acceptors (Lipinski definition) is 5. The summed E-state index contributed by atoms with van der Waals surface area (Å²) in [5.41, 5.74) is 0.957. The molecule has 0 aliphatic carbocycles. The van der Waals surface area contributed by atoms with Gasteiger partial charge in [0.15, 0.2) is 0 Å². The van der Waals surface area contributed by atoms with E-state index in [0.29, 0.717) is 57.4 Å². The molecule has 2 fully saturated rings. The summed E-state index contributed by atoms with van der Waals surface area (Å²) < 4.78 is 30.4. The van der Waals surface area contributed by atoms with E-state index in [1.54, 1.807) is 6.07 Å². The van der Waals surface area contributed by atoms with Gasteiger partial charge in [-0.15, -0.1) is 0 Å². The maximum atomic E-state index is 12.9. The molecule has 8 heteroatoms. The van der Waals surface area contributed by atoms with Crippen molar-refractivity contribution in [2.45, 2.75) is 31.3 Å². The zero-order valence-electron chi connectivity index (χ0n) is 15.4. The van der Waals surface area contributed by atoms with Crippen LogP contribution in [0.2, 0.25) is 0 Å². The monoisotopic (exact) mass is 392 g/mol. The van der Waals surface area contributed by atoms with Gasteiger partial charge in [-0.1, -0.05) is 18.2 Å². The number of rotatable bonds is 2. The van der Waals surface area contributed by atoms with Gasteiger partial charge in [-0.05, 0) is 18.9 Å². The highest BCUT2D eigenvalue weighted by atomic mass is 32.2. The first kappa shape index (κ1) is 18.4. The number of hydrogen-bond donors (Lipinski definition) is 0. The van der Waals surface area contributed by atoms with Gasteiger partial charge < -0.3 is 9.64 Å². The molecule has 7 nitrogen and oxygen atoms in total. The Labute approximate surface area is 159 Å². The van der Waals surface area contributed by atoms with E-state index in [9.17, 15) is 18.0 Å². The SMILES string of the molecule is CS(=O)(=O)N1CCC(C(=O)N2CCC3(CC2)OC(=O)c2ccccc23)CC1. The molecule has 3 heterocycles. The molecule has 0 unspecified atom stereocenters. The summed E-state index contributed by atoms with van der Waals surface area (Å²) in [7, 11) is -3.19. The van der Waals surface area contributed by atoms with E-state index in [0.717, 1.165) is 5.56 Å². The van der Waals surface area contributed by atoms with E-state index in [2.05, 4.69) is 0 Å². The number of benzene rings is 1. The fourth-order valence-electron chi connectivity index (χ4n) is 4.50. The summed E-state index contributed by atoms with van der Waals surface area (Å²) >= 11 is 0. The molecule has 3 aliphatic rings. The molecule has 4 rings (SSSR count). The average molecular weight is 392 g/mol. The fraction of sp³-hybridized carbons (Fsp3) is 0.579. The zero-order valence-corrected chi connectivity index (χ0v) is 16.2. The molecule has 0 aromatic heterocycles. The maximum absolute atomic E-state index is 12.9. The number of amides is 1. The lowest BCUT2D eigenvalue weighted by molar-refractivity contribution is -0.141. The third-order valence-corrected chi connectivity index (χ3v) is 7.38. The number of fused-ring (bicyclic) bond motifs is 2. The lowest BCUT2D eigenvalue weighted by Gasteiger charge is -2.40. The summed E-state index contributed by atoms with van der Waals surface area (Å²) in [6.07, 6.45) is 3.53. The molecule has 0 N–H and O–H groups in total. The van der Waals surface area contributed by atoms with Crippen LogP contribution in [0.3, 0.4) is 0 Å². The summed E-state index contributed by atoms with van der Waals surface area (Å²) in [6.45, 7) is 1.90. The standard InChI is InChI=1S/C19H24N2O5S/c1-27(24,25)21-10-6-14(7-11-21)17(22)20-12-8-19(9-13-20)16-5-3-2-4-15(16)18(23)26-19/h2-5,14H,6-13H2,1H3. The van der Waals surface area contributed by atoms with Crippen LogP contribution in [0.4, 0.5) is 0 Å². The molecular formula is C19H24N2O5S. The van der Waals surface area contributed by atoms with Gasteiger partial charge in [0, 0.05) is 50.5 Å². The molecule has 146 valence electrons. The van der Waals surface area contributed by atoms with Crippen LogP contribution in [0.1, 0.15) is 41.6 Å². The molecule has 1 aromatic carbocycles. The van der Waals surface area contributed by atoms with Crippen molar-refractivity contribution in [1.29, 1.82) is 0 Å². The Balaban J connectivity index is 1.39. The van der Waals surface area contributed by atoms with Crippen molar-refractivity contribution in [3.8, 4) is 0 Å². The van der Waals surface area contributed by atoms with Gasteiger partial charge >= 0.3 is 5.97 Å². The van der Waals surface area contributed by atoms with Crippen LogP contribution in [0.5, 0.6) is 0 Å². The Morgan fingerprint density at radius 3 is 2.37 bits per heavy atom. The predicted octanol–water partition coefficient (Wildman–Crippen LogP) is 1.35. The number of ether oxygens (including phenoxy) is 1. The normalized spacial score (nSPS) is 23.3. The fourth-order valence-corrected chi connectivity index (χ4v) is 5.37. The second kappa shape index (κ2) is 6.60. The second-order valence-corrected chi connectivity index (χ2v) is 9.67. The minimum atomic E-state index is -3.19. The highest BCUT2D eigenvalue weighted by Gasteiger charge is 2.48. The number of carbonyl (C=O) groups is 2. The Hall–Kier alpha value is -1.93. The smallest absolute Gasteiger partial charge is 0.339 e. The highest BCUT2D eigenvalue weighted by molar-refractivity contribution is 7.88. The van der Waals surface area contributed by atoms with Crippen molar-refractivity contribution in [2.75, 3.05) is 32.4 Å². The van der Waals surface area contributed by atoms with Crippen LogP contribution in [0.25, 0.3) is 0 Å². The number of carbonyl (C=O) groups excluding carboxylic acids is 2. The van der Waals surface area contributed by atoms with Crippen LogP contribution >= 0.6 is 0 Å². The molecular weight excluding hydrogens is 368 g/mol. The summed E-state index contributed by atoms with van der Waals surface area (Å²) in [6, 6.07) is 7.48. The van der Waals surface area contributed by atoms with E-state index in [1.165, 1.54) is 10.6 Å². The van der Waals surface area contributed by atoms with Crippen LogP contribution in [0, 0.1) is 5.92 Å². The van der Waals surface area contributed by atoms with Crippen molar-refractivity contribution in [2.24, 2.45) is 5.92 Å². The summed E-state index contributed by atoms with van der Waals surface area (Å²) in [5.74, 6) is -0.315. The first-order valence-electron chi connectivity index (χ1n) is 9.37. The molecule has 0 atom stereocenters. The average Bonchev–Trinajstić information content (AvgIpc) is 2.93. The van der Waals surface area contributed by atoms with Crippen molar-refractivity contribution in [1.82, 2.24) is 9.21 Å². The van der Waals surface area contributed by atoms with E-state index in [-0.39, 0.29) is 17.8 Å². The zero-order chi connectivity index (χ0) is 19.2. The number of esters is 1. The van der Waals surface area contributed by atoms with Crippen LogP contribution in [0.15, 0.2) is 24.3 Å². The third kappa shape index (κ3) is 3.25. The summed E-state index contributed by atoms with van der Waals surface area (Å²) in [5, 5.41) is 0. The highest BCUT2D eigenvalue weighted by Crippen LogP contribution is 2.44.